The summed E-state index contributed by atoms with van der Waals surface area (Å²) in [7, 11) is 3.96. The molecule has 0 aliphatic carbocycles. The number of phenols is 1. The van der Waals surface area contributed by atoms with E-state index in [9.17, 15) is 5.11 Å². The molecule has 180 valence electrons. The number of hydrogen-bond acceptors (Lipinski definition) is 8. The zero-order valence-corrected chi connectivity index (χ0v) is 20.3. The monoisotopic (exact) mass is 466 g/mol. The summed E-state index contributed by atoms with van der Waals surface area (Å²) in [6, 6.07) is 8.45. The molecular weight excluding hydrogens is 435 g/mol. The summed E-state index contributed by atoms with van der Waals surface area (Å²) in [4.78, 5) is 5.54. The van der Waals surface area contributed by atoms with Crippen LogP contribution in [-0.4, -0.2) is 77.8 Å². The quantitative estimate of drug-likeness (QED) is 0.626. The van der Waals surface area contributed by atoms with Crippen LogP contribution in [0.15, 0.2) is 30.3 Å². The van der Waals surface area contributed by atoms with Gasteiger partial charge >= 0.3 is 0 Å². The van der Waals surface area contributed by atoms with E-state index in [1.165, 1.54) is 4.80 Å². The van der Waals surface area contributed by atoms with E-state index in [0.717, 1.165) is 25.7 Å². The lowest BCUT2D eigenvalue weighted by Gasteiger charge is -2.62. The summed E-state index contributed by atoms with van der Waals surface area (Å²) in [6.07, 6.45) is 2.71. The van der Waals surface area contributed by atoms with Crippen molar-refractivity contribution in [1.29, 1.82) is 0 Å². The molecule has 2 bridgehead atoms. The van der Waals surface area contributed by atoms with Crippen LogP contribution in [0, 0.1) is 6.92 Å². The summed E-state index contributed by atoms with van der Waals surface area (Å²) >= 11 is 0. The van der Waals surface area contributed by atoms with Crippen LogP contribution in [0.5, 0.6) is 5.75 Å². The molecule has 2 aliphatic rings. The summed E-state index contributed by atoms with van der Waals surface area (Å²) in [6.45, 7) is 6.04. The largest absolute Gasteiger partial charge is 0.507 e. The lowest BCUT2D eigenvalue weighted by atomic mass is 9.66. The Morgan fingerprint density at radius 1 is 1.12 bits per heavy atom. The number of tetrazole rings is 1. The molecule has 1 aromatic carbocycles. The van der Waals surface area contributed by atoms with E-state index < -0.39 is 11.7 Å². The first-order valence-corrected chi connectivity index (χ1v) is 11.7. The number of aromatic nitrogens is 6. The second-order valence-corrected chi connectivity index (χ2v) is 10.2. The molecule has 0 saturated carbocycles. The van der Waals surface area contributed by atoms with E-state index in [1.54, 1.807) is 31.2 Å². The third-order valence-corrected chi connectivity index (χ3v) is 8.07. The molecule has 2 aliphatic heterocycles. The molecule has 4 heterocycles. The van der Waals surface area contributed by atoms with Crippen LogP contribution in [0.2, 0.25) is 0 Å². The zero-order valence-electron chi connectivity index (χ0n) is 20.3. The summed E-state index contributed by atoms with van der Waals surface area (Å²) in [5, 5.41) is 31.3. The molecule has 10 heteroatoms. The highest BCUT2D eigenvalue weighted by Gasteiger charge is 2.57. The maximum atomic E-state index is 15.9. The number of phenolic OH excluding ortho intramolecular Hbond substituents is 1. The Morgan fingerprint density at radius 3 is 2.56 bits per heavy atom. The molecule has 0 radical (unpaired) electrons. The summed E-state index contributed by atoms with van der Waals surface area (Å²) in [5.41, 5.74) is 1.14. The molecule has 0 unspecified atom stereocenters. The van der Waals surface area contributed by atoms with E-state index >= 15 is 4.39 Å². The second kappa shape index (κ2) is 7.97. The fourth-order valence-corrected chi connectivity index (χ4v) is 5.72. The Morgan fingerprint density at radius 2 is 1.91 bits per heavy atom. The number of hydrogen-bond donors (Lipinski definition) is 1. The van der Waals surface area contributed by atoms with Gasteiger partial charge in [0.1, 0.15) is 11.9 Å². The number of anilines is 1. The average Bonchev–Trinajstić information content (AvgIpc) is 3.26. The van der Waals surface area contributed by atoms with Crippen LogP contribution in [0.3, 0.4) is 0 Å². The van der Waals surface area contributed by atoms with Gasteiger partial charge in [-0.1, -0.05) is 0 Å². The first-order valence-electron chi connectivity index (χ1n) is 11.7. The summed E-state index contributed by atoms with van der Waals surface area (Å²) in [5.74, 6) is 1.20. The molecule has 2 saturated heterocycles. The molecule has 3 aromatic rings. The van der Waals surface area contributed by atoms with E-state index in [-0.39, 0.29) is 17.3 Å². The van der Waals surface area contributed by atoms with Gasteiger partial charge in [-0.15, -0.1) is 25.2 Å². The molecule has 4 atom stereocenters. The van der Waals surface area contributed by atoms with Gasteiger partial charge in [-0.2, -0.15) is 0 Å². The predicted octanol–water partition coefficient (Wildman–Crippen LogP) is 3.31. The maximum Gasteiger partial charge on any atom is 0.172 e. The average molecular weight is 467 g/mol. The summed E-state index contributed by atoms with van der Waals surface area (Å²) < 4.78 is 15.9. The Balaban J connectivity index is 1.38. The van der Waals surface area contributed by atoms with Crippen molar-refractivity contribution >= 4 is 5.82 Å². The number of alkyl halides is 1. The molecular formula is C24H31FN8O. The number of benzene rings is 1. The number of halogens is 1. The zero-order chi connectivity index (χ0) is 24.3. The maximum absolute atomic E-state index is 15.9. The number of fused-ring (bicyclic) bond motifs is 2. The van der Waals surface area contributed by atoms with Crippen molar-refractivity contribution in [3.05, 3.63) is 36.2 Å². The molecule has 0 amide bonds. The van der Waals surface area contributed by atoms with Crippen LogP contribution < -0.4 is 4.90 Å². The second-order valence-electron chi connectivity index (χ2n) is 10.2. The third kappa shape index (κ3) is 3.51. The number of nitrogens with zero attached hydrogens (tertiary/aromatic N) is 8. The van der Waals surface area contributed by atoms with Gasteiger partial charge in [0.05, 0.1) is 23.0 Å². The highest BCUT2D eigenvalue weighted by molar-refractivity contribution is 5.68. The topological polar surface area (TPSA) is 96.1 Å². The standard InChI is InChI=1S/C24H31FN8O/c1-15-26-30-33(29-15)16-7-8-17(20(34)13-16)18-9-10-21(28-27-18)31(4)19-14-23(2)11-6-12-24(3,22(19)25)32(23)5/h7-10,13,19,22,34H,6,11-12,14H2,1-5H3/t19-,22+,23-,24+/m1/s1. The van der Waals surface area contributed by atoms with E-state index in [4.69, 9.17) is 0 Å². The van der Waals surface area contributed by atoms with Crippen LogP contribution in [0.4, 0.5) is 10.2 Å². The Kier molecular flexibility index (Phi) is 5.31. The Bertz CT molecular complexity index is 1200. The van der Waals surface area contributed by atoms with Crippen molar-refractivity contribution in [2.24, 2.45) is 0 Å². The highest BCUT2D eigenvalue weighted by Crippen LogP contribution is 2.49. The van der Waals surface area contributed by atoms with Crippen molar-refractivity contribution in [3.63, 3.8) is 0 Å². The number of aryl methyl sites for hydroxylation is 1. The van der Waals surface area contributed by atoms with Gasteiger partial charge in [0, 0.05) is 24.2 Å². The van der Waals surface area contributed by atoms with Crippen molar-refractivity contribution in [1.82, 2.24) is 35.3 Å². The van der Waals surface area contributed by atoms with Gasteiger partial charge < -0.3 is 10.0 Å². The Hall–Kier alpha value is -3.14. The van der Waals surface area contributed by atoms with Crippen LogP contribution in [0.25, 0.3) is 16.9 Å². The van der Waals surface area contributed by atoms with Gasteiger partial charge in [0.25, 0.3) is 0 Å². The molecule has 1 N–H and O–H groups in total. The predicted molar refractivity (Wildman–Crippen MR) is 127 cm³/mol. The van der Waals surface area contributed by atoms with Crippen LogP contribution >= 0.6 is 0 Å². The van der Waals surface area contributed by atoms with Crippen molar-refractivity contribution in [2.45, 2.75) is 69.7 Å². The molecule has 5 rings (SSSR count). The Labute approximate surface area is 198 Å². The van der Waals surface area contributed by atoms with Crippen molar-refractivity contribution in [3.8, 4) is 22.7 Å². The van der Waals surface area contributed by atoms with E-state index in [2.05, 4.69) is 44.5 Å². The fourth-order valence-electron chi connectivity index (χ4n) is 5.72. The fraction of sp³-hybridized carbons (Fsp3) is 0.542. The van der Waals surface area contributed by atoms with Gasteiger partial charge in [-0.3, -0.25) is 4.90 Å². The third-order valence-electron chi connectivity index (χ3n) is 8.07. The highest BCUT2D eigenvalue weighted by atomic mass is 19.1. The van der Waals surface area contributed by atoms with Crippen LogP contribution in [-0.2, 0) is 0 Å². The lowest BCUT2D eigenvalue weighted by molar-refractivity contribution is -0.117. The minimum atomic E-state index is -0.997. The van der Waals surface area contributed by atoms with Crippen molar-refractivity contribution < 1.29 is 9.50 Å². The van der Waals surface area contributed by atoms with Gasteiger partial charge in [-0.25, -0.2) is 4.39 Å². The number of aromatic hydroxyl groups is 1. The van der Waals surface area contributed by atoms with Gasteiger partial charge in [-0.05, 0) is 83.0 Å². The molecule has 0 spiro atoms. The van der Waals surface area contributed by atoms with E-state index in [0.29, 0.717) is 28.6 Å². The first kappa shape index (κ1) is 22.6. The smallest absolute Gasteiger partial charge is 0.172 e. The first-order chi connectivity index (χ1) is 16.1. The number of piperidine rings is 2. The normalized spacial score (nSPS) is 29.2. The van der Waals surface area contributed by atoms with Crippen LogP contribution in [0.1, 0.15) is 45.4 Å². The molecule has 34 heavy (non-hydrogen) atoms. The van der Waals surface area contributed by atoms with Gasteiger partial charge in [0.2, 0.25) is 0 Å². The SMILES string of the molecule is Cc1nnn(-c2ccc(-c3ccc(N(C)[C@@H]4C[C@@]5(C)CCC[C@@](C)([C@H]4F)N5C)nn3)c(O)c2)n1. The molecule has 2 aromatic heterocycles. The molecule has 9 nitrogen and oxygen atoms in total. The minimum absolute atomic E-state index is 0.0348. The van der Waals surface area contributed by atoms with E-state index in [1.807, 2.05) is 24.9 Å². The lowest BCUT2D eigenvalue weighted by Crippen LogP contribution is -2.72. The van der Waals surface area contributed by atoms with Crippen molar-refractivity contribution in [2.75, 3.05) is 19.0 Å². The minimum Gasteiger partial charge on any atom is -0.507 e. The molecule has 2 fully saturated rings. The van der Waals surface area contributed by atoms with Gasteiger partial charge in [0.15, 0.2) is 11.6 Å². The number of rotatable bonds is 4.